The van der Waals surface area contributed by atoms with E-state index in [-0.39, 0.29) is 18.9 Å². The molecule has 1 aromatic rings. The van der Waals surface area contributed by atoms with E-state index in [0.717, 1.165) is 5.56 Å². The van der Waals surface area contributed by atoms with E-state index in [0.29, 0.717) is 12.8 Å². The molecule has 1 aliphatic rings. The van der Waals surface area contributed by atoms with E-state index in [4.69, 9.17) is 5.73 Å². The first kappa shape index (κ1) is 26.3. The molecule has 1 fully saturated rings. The third kappa shape index (κ3) is 7.00. The number of hydrogen-bond acceptors (Lipinski definition) is 6. The van der Waals surface area contributed by atoms with Gasteiger partial charge in [0, 0.05) is 6.54 Å². The normalized spacial score (nSPS) is 19.5. The number of carboxylic acids is 1. The number of aliphatic carboxylic acids is 1. The molecule has 0 bridgehead atoms. The van der Waals surface area contributed by atoms with Crippen LogP contribution in [0.1, 0.15) is 39.2 Å². The summed E-state index contributed by atoms with van der Waals surface area (Å²) in [5.74, 6) is -3.27. The van der Waals surface area contributed by atoms with E-state index in [1.54, 1.807) is 13.8 Å². The molecule has 10 nitrogen and oxygen atoms in total. The SMILES string of the molecule is CC(C)C(NC(=O)C1CCCN1C(=O)C(NC(=O)C(N)Cc1ccccc1)C(C)O)C(=O)O. The zero-order valence-corrected chi connectivity index (χ0v) is 19.2. The van der Waals surface area contributed by atoms with Crippen LogP contribution in [0, 0.1) is 5.92 Å². The minimum Gasteiger partial charge on any atom is -0.480 e. The number of carbonyl (C=O) groups is 4. The average molecular weight is 463 g/mol. The molecule has 33 heavy (non-hydrogen) atoms. The van der Waals surface area contributed by atoms with Crippen LogP contribution in [-0.4, -0.2) is 75.6 Å². The van der Waals surface area contributed by atoms with Crippen LogP contribution in [-0.2, 0) is 25.6 Å². The highest BCUT2D eigenvalue weighted by Crippen LogP contribution is 2.20. The average Bonchev–Trinajstić information content (AvgIpc) is 3.25. The summed E-state index contributed by atoms with van der Waals surface area (Å²) in [6, 6.07) is 4.99. The molecule has 182 valence electrons. The number of nitrogens with one attached hydrogen (secondary N) is 2. The standard InChI is InChI=1S/C23H34N4O6/c1-13(2)18(23(32)33)25-21(30)17-10-7-11-27(17)22(31)19(14(3)28)26-20(29)16(24)12-15-8-5-4-6-9-15/h4-6,8-9,13-14,16-19,28H,7,10-12,24H2,1-3H3,(H,25,30)(H,26,29)(H,32,33). The van der Waals surface area contributed by atoms with Gasteiger partial charge >= 0.3 is 5.97 Å². The van der Waals surface area contributed by atoms with Gasteiger partial charge in [-0.05, 0) is 37.7 Å². The van der Waals surface area contributed by atoms with Gasteiger partial charge in [0.15, 0.2) is 0 Å². The van der Waals surface area contributed by atoms with Gasteiger partial charge in [-0.1, -0.05) is 44.2 Å². The van der Waals surface area contributed by atoms with E-state index >= 15 is 0 Å². The lowest BCUT2D eigenvalue weighted by Crippen LogP contribution is -2.60. The van der Waals surface area contributed by atoms with E-state index in [1.807, 2.05) is 30.3 Å². The van der Waals surface area contributed by atoms with Crippen LogP contribution in [0.2, 0.25) is 0 Å². The predicted molar refractivity (Wildman–Crippen MR) is 121 cm³/mol. The molecule has 1 heterocycles. The van der Waals surface area contributed by atoms with Gasteiger partial charge in [0.2, 0.25) is 17.7 Å². The molecule has 5 atom stereocenters. The van der Waals surface area contributed by atoms with Crippen LogP contribution in [0.3, 0.4) is 0 Å². The summed E-state index contributed by atoms with van der Waals surface area (Å²) in [4.78, 5) is 51.3. The quantitative estimate of drug-likeness (QED) is 0.317. The molecule has 1 aromatic carbocycles. The zero-order chi connectivity index (χ0) is 24.7. The number of nitrogens with zero attached hydrogens (tertiary/aromatic N) is 1. The Morgan fingerprint density at radius 2 is 1.73 bits per heavy atom. The van der Waals surface area contributed by atoms with Crippen LogP contribution in [0.15, 0.2) is 30.3 Å². The first-order chi connectivity index (χ1) is 15.5. The maximum Gasteiger partial charge on any atom is 0.326 e. The molecule has 1 aliphatic heterocycles. The van der Waals surface area contributed by atoms with Crippen molar-refractivity contribution in [3.8, 4) is 0 Å². The monoisotopic (exact) mass is 462 g/mol. The third-order valence-electron chi connectivity index (χ3n) is 5.75. The lowest BCUT2D eigenvalue weighted by atomic mass is 10.0. The second kappa shape index (κ2) is 11.8. The number of rotatable bonds is 10. The van der Waals surface area contributed by atoms with Crippen molar-refractivity contribution in [2.45, 2.75) is 70.3 Å². The number of likely N-dealkylation sites (tertiary alicyclic amines) is 1. The Labute approximate surface area is 193 Å². The fourth-order valence-electron chi connectivity index (χ4n) is 3.85. The highest BCUT2D eigenvalue weighted by Gasteiger charge is 2.40. The predicted octanol–water partition coefficient (Wildman–Crippen LogP) is -0.362. The molecule has 2 rings (SSSR count). The summed E-state index contributed by atoms with van der Waals surface area (Å²) >= 11 is 0. The summed E-state index contributed by atoms with van der Waals surface area (Å²) in [6.45, 7) is 4.98. The molecule has 3 amide bonds. The van der Waals surface area contributed by atoms with Gasteiger partial charge in [-0.2, -0.15) is 0 Å². The van der Waals surface area contributed by atoms with Gasteiger partial charge in [-0.15, -0.1) is 0 Å². The fourth-order valence-corrected chi connectivity index (χ4v) is 3.85. The fraction of sp³-hybridized carbons (Fsp3) is 0.565. The van der Waals surface area contributed by atoms with Crippen LogP contribution >= 0.6 is 0 Å². The number of nitrogens with two attached hydrogens (primary N) is 1. The van der Waals surface area contributed by atoms with E-state index < -0.39 is 54.0 Å². The van der Waals surface area contributed by atoms with Crippen molar-refractivity contribution in [3.63, 3.8) is 0 Å². The van der Waals surface area contributed by atoms with Crippen molar-refractivity contribution in [2.75, 3.05) is 6.54 Å². The molecule has 0 aromatic heterocycles. The minimum atomic E-state index is -1.28. The van der Waals surface area contributed by atoms with Gasteiger partial charge in [0.05, 0.1) is 12.1 Å². The van der Waals surface area contributed by atoms with Crippen molar-refractivity contribution < 1.29 is 29.4 Å². The van der Waals surface area contributed by atoms with Gasteiger partial charge in [-0.3, -0.25) is 14.4 Å². The lowest BCUT2D eigenvalue weighted by molar-refractivity contribution is -0.146. The Hall–Kier alpha value is -2.98. The summed E-state index contributed by atoms with van der Waals surface area (Å²) in [6.07, 6.45) is -0.0710. The van der Waals surface area contributed by atoms with Crippen LogP contribution in [0.25, 0.3) is 0 Å². The molecule has 0 aliphatic carbocycles. The highest BCUT2D eigenvalue weighted by atomic mass is 16.4. The summed E-state index contributed by atoms with van der Waals surface area (Å²) in [5.41, 5.74) is 6.86. The second-order valence-electron chi connectivity index (χ2n) is 8.78. The van der Waals surface area contributed by atoms with E-state index in [1.165, 1.54) is 11.8 Å². The Morgan fingerprint density at radius 1 is 1.09 bits per heavy atom. The number of amides is 3. The maximum absolute atomic E-state index is 13.2. The largest absolute Gasteiger partial charge is 0.480 e. The summed E-state index contributed by atoms with van der Waals surface area (Å²) in [5, 5.41) is 24.6. The van der Waals surface area contributed by atoms with Gasteiger partial charge in [0.1, 0.15) is 18.1 Å². The zero-order valence-electron chi connectivity index (χ0n) is 19.2. The Kier molecular flexibility index (Phi) is 9.36. The number of aliphatic hydroxyl groups is 1. The topological polar surface area (TPSA) is 162 Å². The number of carbonyl (C=O) groups excluding carboxylic acids is 3. The summed E-state index contributed by atoms with van der Waals surface area (Å²) < 4.78 is 0. The van der Waals surface area contributed by atoms with E-state index in [9.17, 15) is 29.4 Å². The molecule has 5 unspecified atom stereocenters. The van der Waals surface area contributed by atoms with Crippen molar-refractivity contribution in [3.05, 3.63) is 35.9 Å². The van der Waals surface area contributed by atoms with Crippen LogP contribution in [0.5, 0.6) is 0 Å². The van der Waals surface area contributed by atoms with Gasteiger partial charge in [-0.25, -0.2) is 4.79 Å². The molecule has 10 heteroatoms. The Balaban J connectivity index is 2.08. The second-order valence-corrected chi connectivity index (χ2v) is 8.78. The van der Waals surface area contributed by atoms with Crippen molar-refractivity contribution in [1.82, 2.24) is 15.5 Å². The number of aliphatic hydroxyl groups excluding tert-OH is 1. The molecular formula is C23H34N4O6. The molecule has 0 radical (unpaired) electrons. The Bertz CT molecular complexity index is 845. The first-order valence-corrected chi connectivity index (χ1v) is 11.1. The molecular weight excluding hydrogens is 428 g/mol. The third-order valence-corrected chi connectivity index (χ3v) is 5.75. The number of carboxylic acid groups (broad SMARTS) is 1. The van der Waals surface area contributed by atoms with Crippen molar-refractivity contribution in [2.24, 2.45) is 11.7 Å². The summed E-state index contributed by atoms with van der Waals surface area (Å²) in [7, 11) is 0. The van der Waals surface area contributed by atoms with Crippen molar-refractivity contribution >= 4 is 23.7 Å². The lowest BCUT2D eigenvalue weighted by Gasteiger charge is -2.31. The van der Waals surface area contributed by atoms with E-state index in [2.05, 4.69) is 10.6 Å². The number of hydrogen-bond donors (Lipinski definition) is 5. The van der Waals surface area contributed by atoms with Crippen molar-refractivity contribution in [1.29, 1.82) is 0 Å². The van der Waals surface area contributed by atoms with Gasteiger partial charge in [0.25, 0.3) is 0 Å². The smallest absolute Gasteiger partial charge is 0.326 e. The first-order valence-electron chi connectivity index (χ1n) is 11.1. The van der Waals surface area contributed by atoms with Gasteiger partial charge < -0.3 is 31.5 Å². The molecule has 0 saturated carbocycles. The minimum absolute atomic E-state index is 0.255. The highest BCUT2D eigenvalue weighted by molar-refractivity contribution is 5.94. The number of benzene rings is 1. The van der Waals surface area contributed by atoms with Crippen LogP contribution < -0.4 is 16.4 Å². The Morgan fingerprint density at radius 3 is 2.27 bits per heavy atom. The molecule has 1 saturated heterocycles. The molecule has 6 N–H and O–H groups in total. The molecule has 0 spiro atoms. The maximum atomic E-state index is 13.2. The van der Waals surface area contributed by atoms with Crippen LogP contribution in [0.4, 0.5) is 0 Å².